The van der Waals surface area contributed by atoms with E-state index >= 15 is 0 Å². The smallest absolute Gasteiger partial charge is 0.306 e. The highest BCUT2D eigenvalue weighted by atomic mass is 32.2. The lowest BCUT2D eigenvalue weighted by atomic mass is 10.1. The quantitative estimate of drug-likeness (QED) is 0.804. The third kappa shape index (κ3) is 3.12. The van der Waals surface area contributed by atoms with E-state index in [-0.39, 0.29) is 17.1 Å². The van der Waals surface area contributed by atoms with Gasteiger partial charge in [0.05, 0.1) is 24.2 Å². The minimum atomic E-state index is -3.46. The number of carbonyl (C=O) groups excluding carboxylic acids is 1. The topological polar surface area (TPSA) is 60.4 Å². The molecular formula is C14H14O4S. The zero-order chi connectivity index (χ0) is 13.9. The van der Waals surface area contributed by atoms with Crippen molar-refractivity contribution in [2.24, 2.45) is 0 Å². The minimum absolute atomic E-state index is 0.133. The van der Waals surface area contributed by atoms with Crippen LogP contribution in [-0.4, -0.2) is 27.2 Å². The Kier molecular flexibility index (Phi) is 3.85. The van der Waals surface area contributed by atoms with E-state index in [1.165, 1.54) is 7.11 Å². The van der Waals surface area contributed by atoms with Crippen molar-refractivity contribution < 1.29 is 17.9 Å². The third-order valence-electron chi connectivity index (χ3n) is 2.88. The highest BCUT2D eigenvalue weighted by molar-refractivity contribution is 7.91. The maximum atomic E-state index is 12.1. The Hall–Kier alpha value is -1.88. The number of fused-ring (bicyclic) bond motifs is 1. The van der Waals surface area contributed by atoms with Gasteiger partial charge in [0, 0.05) is 0 Å². The fourth-order valence-corrected chi connectivity index (χ4v) is 3.05. The molecule has 100 valence electrons. The van der Waals surface area contributed by atoms with Crippen LogP contribution in [0.5, 0.6) is 0 Å². The number of esters is 1. The number of hydrogen-bond acceptors (Lipinski definition) is 4. The lowest BCUT2D eigenvalue weighted by Gasteiger charge is -2.05. The van der Waals surface area contributed by atoms with Crippen LogP contribution in [0.15, 0.2) is 47.4 Å². The van der Waals surface area contributed by atoms with Crippen molar-refractivity contribution in [1.82, 2.24) is 0 Å². The van der Waals surface area contributed by atoms with Gasteiger partial charge in [-0.1, -0.05) is 30.3 Å². The van der Waals surface area contributed by atoms with E-state index < -0.39 is 15.8 Å². The van der Waals surface area contributed by atoms with Crippen molar-refractivity contribution in [3.8, 4) is 0 Å². The second-order valence-corrected chi connectivity index (χ2v) is 6.26. The second kappa shape index (κ2) is 5.40. The van der Waals surface area contributed by atoms with Crippen molar-refractivity contribution >= 4 is 26.6 Å². The zero-order valence-corrected chi connectivity index (χ0v) is 11.3. The average Bonchev–Trinajstić information content (AvgIpc) is 2.44. The van der Waals surface area contributed by atoms with E-state index in [9.17, 15) is 13.2 Å². The molecule has 5 heteroatoms. The van der Waals surface area contributed by atoms with Crippen LogP contribution in [0.1, 0.15) is 6.42 Å². The molecule has 0 amide bonds. The molecule has 0 fully saturated rings. The monoisotopic (exact) mass is 278 g/mol. The highest BCUT2D eigenvalue weighted by Gasteiger charge is 2.16. The standard InChI is InChI=1S/C14H14O4S/c1-18-14(15)8-9-19(16,17)13-7-6-11-4-2-3-5-12(11)10-13/h2-7,10H,8-9H2,1H3. The van der Waals surface area contributed by atoms with Gasteiger partial charge in [-0.3, -0.25) is 4.79 Å². The fourth-order valence-electron chi connectivity index (χ4n) is 1.80. The molecule has 0 saturated carbocycles. The number of carbonyl (C=O) groups is 1. The lowest BCUT2D eigenvalue weighted by Crippen LogP contribution is -2.12. The molecule has 4 nitrogen and oxygen atoms in total. The molecule has 0 aliphatic heterocycles. The van der Waals surface area contributed by atoms with Crippen LogP contribution >= 0.6 is 0 Å². The third-order valence-corrected chi connectivity index (χ3v) is 4.60. The first kappa shape index (κ1) is 13.5. The molecule has 2 rings (SSSR count). The summed E-state index contributed by atoms with van der Waals surface area (Å²) in [6, 6.07) is 12.5. The Labute approximate surface area is 111 Å². The van der Waals surface area contributed by atoms with Gasteiger partial charge in [-0.25, -0.2) is 8.42 Å². The van der Waals surface area contributed by atoms with Crippen molar-refractivity contribution in [2.45, 2.75) is 11.3 Å². The normalized spacial score (nSPS) is 11.4. The predicted octanol–water partition coefficient (Wildman–Crippen LogP) is 2.18. The predicted molar refractivity (Wildman–Crippen MR) is 72.6 cm³/mol. The molecule has 2 aromatic carbocycles. The van der Waals surface area contributed by atoms with E-state index in [2.05, 4.69) is 4.74 Å². The molecule has 0 saturated heterocycles. The summed E-state index contributed by atoms with van der Waals surface area (Å²) >= 11 is 0. The zero-order valence-electron chi connectivity index (χ0n) is 10.5. The molecule has 2 aromatic rings. The molecule has 0 aliphatic rings. The summed E-state index contributed by atoms with van der Waals surface area (Å²) in [6.45, 7) is 0. The van der Waals surface area contributed by atoms with Gasteiger partial charge in [-0.05, 0) is 22.9 Å². The maximum Gasteiger partial charge on any atom is 0.306 e. The fraction of sp³-hybridized carbons (Fsp3) is 0.214. The summed E-state index contributed by atoms with van der Waals surface area (Å²) in [5.74, 6) is -0.762. The van der Waals surface area contributed by atoms with Crippen LogP contribution in [0.4, 0.5) is 0 Å². The molecule has 0 atom stereocenters. The molecule has 0 unspecified atom stereocenters. The van der Waals surface area contributed by atoms with Crippen molar-refractivity contribution in [2.75, 3.05) is 12.9 Å². The van der Waals surface area contributed by atoms with E-state index in [1.807, 2.05) is 24.3 Å². The minimum Gasteiger partial charge on any atom is -0.469 e. The first-order chi connectivity index (χ1) is 9.03. The summed E-state index contributed by atoms with van der Waals surface area (Å²) in [4.78, 5) is 11.2. The highest BCUT2D eigenvalue weighted by Crippen LogP contribution is 2.20. The molecule has 0 N–H and O–H groups in total. The number of rotatable bonds is 4. The number of sulfone groups is 1. The molecule has 0 heterocycles. The van der Waals surface area contributed by atoms with Crippen LogP contribution in [-0.2, 0) is 19.4 Å². The SMILES string of the molecule is COC(=O)CCS(=O)(=O)c1ccc2ccccc2c1. The largest absolute Gasteiger partial charge is 0.469 e. The first-order valence-corrected chi connectivity index (χ1v) is 7.46. The van der Waals surface area contributed by atoms with Gasteiger partial charge in [0.15, 0.2) is 9.84 Å². The summed E-state index contributed by atoms with van der Waals surface area (Å²) in [6.07, 6.45) is -0.133. The Morgan fingerprint density at radius 1 is 1.11 bits per heavy atom. The Balaban J connectivity index is 2.30. The summed E-state index contributed by atoms with van der Waals surface area (Å²) in [5, 5.41) is 1.84. The summed E-state index contributed by atoms with van der Waals surface area (Å²) < 4.78 is 28.6. The van der Waals surface area contributed by atoms with Gasteiger partial charge in [0.1, 0.15) is 0 Å². The van der Waals surface area contributed by atoms with Gasteiger partial charge < -0.3 is 4.74 Å². The van der Waals surface area contributed by atoms with Crippen LogP contribution < -0.4 is 0 Å². The van der Waals surface area contributed by atoms with Gasteiger partial charge in [0.2, 0.25) is 0 Å². The van der Waals surface area contributed by atoms with E-state index in [4.69, 9.17) is 0 Å². The van der Waals surface area contributed by atoms with Crippen LogP contribution in [0.2, 0.25) is 0 Å². The number of ether oxygens (including phenoxy) is 1. The Morgan fingerprint density at radius 2 is 1.79 bits per heavy atom. The lowest BCUT2D eigenvalue weighted by molar-refractivity contribution is -0.140. The summed E-state index contributed by atoms with van der Waals surface area (Å²) in [7, 11) is -2.22. The van der Waals surface area contributed by atoms with Crippen molar-refractivity contribution in [3.63, 3.8) is 0 Å². The summed E-state index contributed by atoms with van der Waals surface area (Å²) in [5.41, 5.74) is 0. The van der Waals surface area contributed by atoms with E-state index in [1.54, 1.807) is 18.2 Å². The van der Waals surface area contributed by atoms with Crippen LogP contribution in [0, 0.1) is 0 Å². The number of hydrogen-bond donors (Lipinski definition) is 0. The second-order valence-electron chi connectivity index (χ2n) is 4.15. The molecule has 19 heavy (non-hydrogen) atoms. The van der Waals surface area contributed by atoms with Crippen LogP contribution in [0.25, 0.3) is 10.8 Å². The van der Waals surface area contributed by atoms with Gasteiger partial charge in [-0.15, -0.1) is 0 Å². The molecule has 0 aliphatic carbocycles. The van der Waals surface area contributed by atoms with Gasteiger partial charge in [0.25, 0.3) is 0 Å². The molecule has 0 aromatic heterocycles. The van der Waals surface area contributed by atoms with Crippen molar-refractivity contribution in [1.29, 1.82) is 0 Å². The molecule has 0 bridgehead atoms. The first-order valence-electron chi connectivity index (χ1n) is 5.81. The van der Waals surface area contributed by atoms with Gasteiger partial charge >= 0.3 is 5.97 Å². The molecule has 0 radical (unpaired) electrons. The maximum absolute atomic E-state index is 12.1. The Morgan fingerprint density at radius 3 is 2.47 bits per heavy atom. The number of benzene rings is 2. The molecule has 0 spiro atoms. The number of methoxy groups -OCH3 is 1. The van der Waals surface area contributed by atoms with Crippen LogP contribution in [0.3, 0.4) is 0 Å². The average molecular weight is 278 g/mol. The van der Waals surface area contributed by atoms with Gasteiger partial charge in [-0.2, -0.15) is 0 Å². The van der Waals surface area contributed by atoms with E-state index in [0.717, 1.165) is 10.8 Å². The van der Waals surface area contributed by atoms with Crippen molar-refractivity contribution in [3.05, 3.63) is 42.5 Å². The molecular weight excluding hydrogens is 264 g/mol. The van der Waals surface area contributed by atoms with E-state index in [0.29, 0.717) is 0 Å². The Bertz CT molecular complexity index is 704.